The Labute approximate surface area is 581 Å². The number of phosphoric ester groups is 2. The van der Waals surface area contributed by atoms with E-state index in [1.165, 1.54) is 180 Å². The highest BCUT2D eigenvalue weighted by atomic mass is 31.2. The van der Waals surface area contributed by atoms with Crippen molar-refractivity contribution in [1.29, 1.82) is 0 Å². The van der Waals surface area contributed by atoms with E-state index in [9.17, 15) is 43.2 Å². The summed E-state index contributed by atoms with van der Waals surface area (Å²) in [6, 6.07) is 0. The average Bonchev–Trinajstić information content (AvgIpc) is 1.23. The van der Waals surface area contributed by atoms with Gasteiger partial charge in [-0.1, -0.05) is 331 Å². The van der Waals surface area contributed by atoms with Crippen molar-refractivity contribution in [3.8, 4) is 0 Å². The van der Waals surface area contributed by atoms with Crippen LogP contribution >= 0.6 is 15.6 Å². The van der Waals surface area contributed by atoms with E-state index in [1.807, 2.05) is 0 Å². The number of hydrogen-bond acceptors (Lipinski definition) is 15. The van der Waals surface area contributed by atoms with Gasteiger partial charge in [0.25, 0.3) is 0 Å². The molecular formula is C76H148O17P2. The number of aliphatic hydroxyl groups is 1. The molecule has 3 N–H and O–H groups in total. The summed E-state index contributed by atoms with van der Waals surface area (Å²) in [6.07, 6.45) is 50.1. The van der Waals surface area contributed by atoms with Crippen LogP contribution in [0.2, 0.25) is 0 Å². The SMILES string of the molecule is CCC(C)CCCCCCCCCCC(=O)OC[C@H](COP(=O)(O)OC[C@@H](O)COP(=O)(O)OC[C@@H](COC(=O)CCCCCCCCC(C)C)OC(=O)CCCCCCCCCCCCCCC(C)C)OC(=O)CCCCCCCCCCCCCCCCCCC(C)C. The van der Waals surface area contributed by atoms with E-state index in [1.54, 1.807) is 0 Å². The van der Waals surface area contributed by atoms with Crippen molar-refractivity contribution in [1.82, 2.24) is 0 Å². The molecule has 0 rings (SSSR count). The van der Waals surface area contributed by atoms with Crippen molar-refractivity contribution in [3.05, 3.63) is 0 Å². The van der Waals surface area contributed by atoms with Crippen molar-refractivity contribution in [2.75, 3.05) is 39.6 Å². The van der Waals surface area contributed by atoms with Crippen LogP contribution in [-0.2, 0) is 65.4 Å². The molecule has 0 heterocycles. The fourth-order valence-corrected chi connectivity index (χ4v) is 13.1. The van der Waals surface area contributed by atoms with E-state index >= 15 is 0 Å². The molecule has 0 amide bonds. The summed E-state index contributed by atoms with van der Waals surface area (Å²) in [6.45, 7) is 14.2. The lowest BCUT2D eigenvalue weighted by Gasteiger charge is -2.21. The normalized spacial score (nSPS) is 14.4. The van der Waals surface area contributed by atoms with Crippen molar-refractivity contribution < 1.29 is 80.2 Å². The number of esters is 4. The molecule has 564 valence electrons. The van der Waals surface area contributed by atoms with Crippen LogP contribution in [0.15, 0.2) is 0 Å². The minimum atomic E-state index is -4.96. The molecule has 0 aliphatic heterocycles. The molecule has 17 nitrogen and oxygen atoms in total. The molecule has 3 unspecified atom stereocenters. The Balaban J connectivity index is 5.22. The van der Waals surface area contributed by atoms with Gasteiger partial charge < -0.3 is 33.8 Å². The van der Waals surface area contributed by atoms with E-state index in [4.69, 9.17) is 37.0 Å². The molecule has 0 bridgehead atoms. The summed E-state index contributed by atoms with van der Waals surface area (Å²) in [5.74, 6) is 0.920. The summed E-state index contributed by atoms with van der Waals surface area (Å²) >= 11 is 0. The molecule has 0 aromatic carbocycles. The van der Waals surface area contributed by atoms with Crippen molar-refractivity contribution >= 4 is 39.5 Å². The van der Waals surface area contributed by atoms with Gasteiger partial charge in [-0.3, -0.25) is 37.3 Å². The Bertz CT molecular complexity index is 1870. The third-order valence-electron chi connectivity index (χ3n) is 17.9. The van der Waals surface area contributed by atoms with Gasteiger partial charge >= 0.3 is 39.5 Å². The predicted octanol–water partition coefficient (Wildman–Crippen LogP) is 22.0. The highest BCUT2D eigenvalue weighted by molar-refractivity contribution is 7.47. The van der Waals surface area contributed by atoms with Gasteiger partial charge in [-0.15, -0.1) is 0 Å². The van der Waals surface area contributed by atoms with Gasteiger partial charge in [0.1, 0.15) is 19.3 Å². The highest BCUT2D eigenvalue weighted by Crippen LogP contribution is 2.45. The number of carbonyl (C=O) groups is 4. The minimum Gasteiger partial charge on any atom is -0.462 e. The molecule has 0 aliphatic carbocycles. The van der Waals surface area contributed by atoms with Crippen molar-refractivity contribution in [3.63, 3.8) is 0 Å². The molecule has 0 aliphatic rings. The molecule has 0 aromatic heterocycles. The molecule has 0 radical (unpaired) electrons. The summed E-state index contributed by atoms with van der Waals surface area (Å²) in [7, 11) is -9.91. The van der Waals surface area contributed by atoms with E-state index in [2.05, 4.69) is 55.4 Å². The number of hydrogen-bond donors (Lipinski definition) is 3. The number of aliphatic hydroxyl groups excluding tert-OH is 1. The van der Waals surface area contributed by atoms with Gasteiger partial charge in [-0.2, -0.15) is 0 Å². The van der Waals surface area contributed by atoms with Crippen molar-refractivity contribution in [2.45, 2.75) is 401 Å². The van der Waals surface area contributed by atoms with Crippen LogP contribution in [0.1, 0.15) is 383 Å². The fourth-order valence-electron chi connectivity index (χ4n) is 11.5. The summed E-state index contributed by atoms with van der Waals surface area (Å²) in [4.78, 5) is 72.8. The lowest BCUT2D eigenvalue weighted by Crippen LogP contribution is -2.30. The maximum absolute atomic E-state index is 13.1. The largest absolute Gasteiger partial charge is 0.472 e. The monoisotopic (exact) mass is 1400 g/mol. The highest BCUT2D eigenvalue weighted by Gasteiger charge is 2.30. The van der Waals surface area contributed by atoms with Crippen LogP contribution in [0, 0.1) is 23.7 Å². The summed E-state index contributed by atoms with van der Waals surface area (Å²) < 4.78 is 68.5. The Morgan fingerprint density at radius 3 is 0.747 bits per heavy atom. The first-order valence-electron chi connectivity index (χ1n) is 39.2. The Morgan fingerprint density at radius 2 is 0.505 bits per heavy atom. The lowest BCUT2D eigenvalue weighted by molar-refractivity contribution is -0.161. The number of carbonyl (C=O) groups excluding carboxylic acids is 4. The van der Waals surface area contributed by atoms with Gasteiger partial charge in [0, 0.05) is 25.7 Å². The smallest absolute Gasteiger partial charge is 0.462 e. The van der Waals surface area contributed by atoms with Gasteiger partial charge in [0.15, 0.2) is 12.2 Å². The zero-order valence-corrected chi connectivity index (χ0v) is 64.1. The van der Waals surface area contributed by atoms with Crippen LogP contribution in [0.25, 0.3) is 0 Å². The maximum atomic E-state index is 13.1. The topological polar surface area (TPSA) is 237 Å². The summed E-state index contributed by atoms with van der Waals surface area (Å²) in [5.41, 5.74) is 0. The third kappa shape index (κ3) is 69.0. The zero-order valence-electron chi connectivity index (χ0n) is 62.3. The molecule has 0 saturated heterocycles. The molecular weight excluding hydrogens is 1250 g/mol. The molecule has 19 heteroatoms. The Hall–Kier alpha value is -1.94. The third-order valence-corrected chi connectivity index (χ3v) is 19.8. The number of rotatable bonds is 73. The van der Waals surface area contributed by atoms with Gasteiger partial charge in [-0.25, -0.2) is 9.13 Å². The molecule has 6 atom stereocenters. The number of ether oxygens (including phenoxy) is 4. The lowest BCUT2D eigenvalue weighted by atomic mass is 9.99. The van der Waals surface area contributed by atoms with Gasteiger partial charge in [0.2, 0.25) is 0 Å². The maximum Gasteiger partial charge on any atom is 0.472 e. The number of phosphoric acid groups is 2. The molecule has 95 heavy (non-hydrogen) atoms. The first kappa shape index (κ1) is 93.1. The molecule has 0 spiro atoms. The molecule has 0 fully saturated rings. The van der Waals surface area contributed by atoms with E-state index in [0.29, 0.717) is 31.6 Å². The van der Waals surface area contributed by atoms with Crippen LogP contribution < -0.4 is 0 Å². The molecule has 0 aromatic rings. The minimum absolute atomic E-state index is 0.105. The molecule has 0 saturated carbocycles. The quantitative estimate of drug-likeness (QED) is 0.0222. The zero-order chi connectivity index (χ0) is 70.3. The number of unbranched alkanes of at least 4 members (excludes halogenated alkanes) is 38. The second kappa shape index (κ2) is 65.4. The van der Waals surface area contributed by atoms with Crippen LogP contribution in [0.3, 0.4) is 0 Å². The fraction of sp³-hybridized carbons (Fsp3) is 0.947. The first-order chi connectivity index (χ1) is 45.6. The summed E-state index contributed by atoms with van der Waals surface area (Å²) in [5, 5.41) is 10.6. The first-order valence-corrected chi connectivity index (χ1v) is 42.2. The van der Waals surface area contributed by atoms with Gasteiger partial charge in [-0.05, 0) is 49.4 Å². The van der Waals surface area contributed by atoms with E-state index in [-0.39, 0.29) is 25.7 Å². The average molecular weight is 1400 g/mol. The van der Waals surface area contributed by atoms with Crippen LogP contribution in [0.5, 0.6) is 0 Å². The van der Waals surface area contributed by atoms with E-state index in [0.717, 1.165) is 114 Å². The van der Waals surface area contributed by atoms with Crippen LogP contribution in [-0.4, -0.2) is 96.7 Å². The Morgan fingerprint density at radius 1 is 0.295 bits per heavy atom. The van der Waals surface area contributed by atoms with E-state index < -0.39 is 97.5 Å². The standard InChI is InChI=1S/C76H148O17P2/c1-9-69(8)55-47-39-30-26-27-31-40-48-56-73(78)86-62-71(92-75(80)58-50-42-32-24-20-15-13-11-10-12-14-18-22-28-36-44-52-66(2)3)64-90-94(82,83)88-60-70(77)61-89-95(84,85)91-65-72(63-87-74(79)57-49-41-35-34-38-46-54-68(6)7)93-76(81)59-51-43-33-25-21-17-16-19-23-29-37-45-53-67(4)5/h66-72,77H,9-65H2,1-8H3,(H,82,83)(H,84,85)/t69?,70-,71-,72-/m1/s1. The second-order valence-corrected chi connectivity index (χ2v) is 32.0. The van der Waals surface area contributed by atoms with Crippen molar-refractivity contribution in [2.24, 2.45) is 23.7 Å². The predicted molar refractivity (Wildman–Crippen MR) is 386 cm³/mol. The second-order valence-electron chi connectivity index (χ2n) is 29.1. The van der Waals surface area contributed by atoms with Gasteiger partial charge in [0.05, 0.1) is 26.4 Å². The Kier molecular flexibility index (Phi) is 64.0. The van der Waals surface area contributed by atoms with Crippen LogP contribution in [0.4, 0.5) is 0 Å².